The lowest BCUT2D eigenvalue weighted by Crippen LogP contribution is -1.99. The number of aryl methyl sites for hydroxylation is 1. The van der Waals surface area contributed by atoms with E-state index in [1.807, 2.05) is 18.2 Å². The van der Waals surface area contributed by atoms with Crippen LogP contribution < -0.4 is 9.62 Å². The van der Waals surface area contributed by atoms with E-state index in [0.717, 1.165) is 24.4 Å². The minimum Gasteiger partial charge on any atom is -0.493 e. The average molecular weight is 223 g/mol. The zero-order valence-electron chi connectivity index (χ0n) is 9.08. The molecule has 4 heteroatoms. The van der Waals surface area contributed by atoms with Gasteiger partial charge in [0, 0.05) is 15.8 Å². The Bertz CT molecular complexity index is 302. The Labute approximate surface area is 93.7 Å². The number of benzene rings is 1. The van der Waals surface area contributed by atoms with Crippen molar-refractivity contribution in [2.45, 2.75) is 18.9 Å². The van der Waals surface area contributed by atoms with Crippen LogP contribution >= 0.6 is 0 Å². The third-order valence-corrected chi connectivity index (χ3v) is 2.42. The van der Waals surface area contributed by atoms with Crippen LogP contribution in [0.4, 0.5) is 0 Å². The van der Waals surface area contributed by atoms with Gasteiger partial charge in [0.25, 0.3) is 0 Å². The van der Waals surface area contributed by atoms with Gasteiger partial charge in [-0.25, -0.2) is 0 Å². The first kappa shape index (κ1) is 12.1. The normalized spacial score (nSPS) is 10.1. The molecule has 0 saturated heterocycles. The maximum absolute atomic E-state index is 5.20. The SMILES string of the molecule is COOc1c(CCC[Si])cccc1OC. The minimum absolute atomic E-state index is 0.669. The van der Waals surface area contributed by atoms with Crippen molar-refractivity contribution in [3.05, 3.63) is 23.8 Å². The minimum atomic E-state index is 0.669. The maximum Gasteiger partial charge on any atom is 0.210 e. The summed E-state index contributed by atoms with van der Waals surface area (Å²) in [5, 5.41) is 0. The second kappa shape index (κ2) is 6.47. The van der Waals surface area contributed by atoms with Crippen molar-refractivity contribution in [3.8, 4) is 11.5 Å². The molecule has 0 fully saturated rings. The summed E-state index contributed by atoms with van der Waals surface area (Å²) in [7, 11) is 6.55. The van der Waals surface area contributed by atoms with Crippen LogP contribution in [0.15, 0.2) is 18.2 Å². The Balaban J connectivity index is 2.90. The molecule has 0 unspecified atom stereocenters. The quantitative estimate of drug-likeness (QED) is 0.420. The number of rotatable bonds is 6. The topological polar surface area (TPSA) is 27.7 Å². The fraction of sp³-hybridized carbons (Fsp3) is 0.455. The van der Waals surface area contributed by atoms with Crippen LogP contribution in [-0.4, -0.2) is 24.5 Å². The van der Waals surface area contributed by atoms with Crippen LogP contribution in [0, 0.1) is 0 Å². The highest BCUT2D eigenvalue weighted by Crippen LogP contribution is 2.32. The van der Waals surface area contributed by atoms with Crippen molar-refractivity contribution in [1.29, 1.82) is 0 Å². The summed E-state index contributed by atoms with van der Waals surface area (Å²) in [6, 6.07) is 6.78. The van der Waals surface area contributed by atoms with Gasteiger partial charge >= 0.3 is 0 Å². The lowest BCUT2D eigenvalue weighted by atomic mass is 10.1. The summed E-state index contributed by atoms with van der Waals surface area (Å²) in [6.07, 6.45) is 1.98. The van der Waals surface area contributed by atoms with E-state index in [9.17, 15) is 0 Å². The van der Waals surface area contributed by atoms with Crippen LogP contribution in [0.2, 0.25) is 6.04 Å². The van der Waals surface area contributed by atoms with E-state index in [1.165, 1.54) is 7.11 Å². The molecule has 0 atom stereocenters. The van der Waals surface area contributed by atoms with Crippen LogP contribution in [0.5, 0.6) is 11.5 Å². The molecule has 0 aromatic heterocycles. The molecule has 0 aliphatic rings. The predicted molar refractivity (Wildman–Crippen MR) is 59.5 cm³/mol. The van der Waals surface area contributed by atoms with Crippen molar-refractivity contribution >= 4 is 10.2 Å². The van der Waals surface area contributed by atoms with E-state index < -0.39 is 0 Å². The first-order chi connectivity index (χ1) is 7.33. The summed E-state index contributed by atoms with van der Waals surface area (Å²) in [5.74, 6) is 1.37. The van der Waals surface area contributed by atoms with Gasteiger partial charge in [-0.2, -0.15) is 4.89 Å². The van der Waals surface area contributed by atoms with E-state index >= 15 is 0 Å². The van der Waals surface area contributed by atoms with Crippen LogP contribution in [0.25, 0.3) is 0 Å². The molecule has 1 rings (SSSR count). The molecule has 15 heavy (non-hydrogen) atoms. The molecule has 0 aliphatic carbocycles. The Morgan fingerprint density at radius 3 is 2.67 bits per heavy atom. The molecule has 1 aromatic rings. The van der Waals surface area contributed by atoms with E-state index in [0.29, 0.717) is 11.5 Å². The molecule has 81 valence electrons. The molecular weight excluding hydrogens is 208 g/mol. The maximum atomic E-state index is 5.20. The molecule has 0 aliphatic heterocycles. The molecule has 0 amide bonds. The van der Waals surface area contributed by atoms with E-state index in [1.54, 1.807) is 7.11 Å². The van der Waals surface area contributed by atoms with Gasteiger partial charge in [0.05, 0.1) is 14.2 Å². The standard InChI is InChI=1S/C11H15O3Si/c1-12-10-7-3-5-9(6-4-8-15)11(10)14-13-2/h3,5,7H,4,6,8H2,1-2H3. The second-order valence-corrected chi connectivity index (χ2v) is 3.55. The predicted octanol–water partition coefficient (Wildman–Crippen LogP) is 2.15. The van der Waals surface area contributed by atoms with Gasteiger partial charge in [0.15, 0.2) is 5.75 Å². The first-order valence-corrected chi connectivity index (χ1v) is 5.55. The van der Waals surface area contributed by atoms with Gasteiger partial charge in [-0.1, -0.05) is 24.6 Å². The fourth-order valence-electron chi connectivity index (χ4n) is 1.38. The lowest BCUT2D eigenvalue weighted by molar-refractivity contribution is -0.179. The smallest absolute Gasteiger partial charge is 0.210 e. The molecule has 3 nitrogen and oxygen atoms in total. The van der Waals surface area contributed by atoms with Gasteiger partial charge in [-0.05, 0) is 12.5 Å². The number of ether oxygens (including phenoxy) is 1. The van der Waals surface area contributed by atoms with Gasteiger partial charge in [0.1, 0.15) is 0 Å². The summed E-state index contributed by atoms with van der Waals surface area (Å²) in [6.45, 7) is 0. The van der Waals surface area contributed by atoms with Crippen LogP contribution in [0.3, 0.4) is 0 Å². The summed E-state index contributed by atoms with van der Waals surface area (Å²) in [5.41, 5.74) is 1.09. The molecule has 0 bridgehead atoms. The molecule has 1 aromatic carbocycles. The summed E-state index contributed by atoms with van der Waals surface area (Å²) < 4.78 is 5.20. The third kappa shape index (κ3) is 3.25. The average Bonchev–Trinajstić information content (AvgIpc) is 2.28. The van der Waals surface area contributed by atoms with Gasteiger partial charge in [-0.15, -0.1) is 0 Å². The molecule has 3 radical (unpaired) electrons. The lowest BCUT2D eigenvalue weighted by Gasteiger charge is -2.11. The van der Waals surface area contributed by atoms with Crippen molar-refractivity contribution in [2.75, 3.05) is 14.2 Å². The highest BCUT2D eigenvalue weighted by Gasteiger charge is 2.10. The Hall–Kier alpha value is -1.00. The van der Waals surface area contributed by atoms with Crippen LogP contribution in [0.1, 0.15) is 12.0 Å². The Morgan fingerprint density at radius 1 is 1.27 bits per heavy atom. The zero-order valence-corrected chi connectivity index (χ0v) is 10.1. The third-order valence-electron chi connectivity index (χ3n) is 2.07. The first-order valence-electron chi connectivity index (χ1n) is 4.84. The van der Waals surface area contributed by atoms with E-state index in [-0.39, 0.29) is 0 Å². The summed E-state index contributed by atoms with van der Waals surface area (Å²) >= 11 is 0. The van der Waals surface area contributed by atoms with Crippen molar-refractivity contribution in [3.63, 3.8) is 0 Å². The van der Waals surface area contributed by atoms with E-state index in [4.69, 9.17) is 14.5 Å². The molecule has 0 spiro atoms. The molecular formula is C11H15O3Si. The molecule has 0 saturated carbocycles. The van der Waals surface area contributed by atoms with Gasteiger partial charge in [0.2, 0.25) is 5.75 Å². The summed E-state index contributed by atoms with van der Waals surface area (Å²) in [4.78, 5) is 9.81. The van der Waals surface area contributed by atoms with Gasteiger partial charge in [-0.3, -0.25) is 0 Å². The second-order valence-electron chi connectivity index (χ2n) is 3.05. The fourth-order valence-corrected chi connectivity index (χ4v) is 1.55. The number of hydrogen-bond donors (Lipinski definition) is 0. The number of hydrogen-bond acceptors (Lipinski definition) is 3. The molecule has 0 heterocycles. The molecule has 0 N–H and O–H groups in total. The zero-order chi connectivity index (χ0) is 11.1. The van der Waals surface area contributed by atoms with Crippen molar-refractivity contribution in [2.24, 2.45) is 0 Å². The Morgan fingerprint density at radius 2 is 2.07 bits per heavy atom. The largest absolute Gasteiger partial charge is 0.493 e. The number of methoxy groups -OCH3 is 1. The van der Waals surface area contributed by atoms with Gasteiger partial charge < -0.3 is 9.62 Å². The Kier molecular flexibility index (Phi) is 5.21. The monoisotopic (exact) mass is 223 g/mol. The van der Waals surface area contributed by atoms with Crippen molar-refractivity contribution in [1.82, 2.24) is 0 Å². The highest BCUT2D eigenvalue weighted by molar-refractivity contribution is 6.08. The van der Waals surface area contributed by atoms with Crippen molar-refractivity contribution < 1.29 is 14.5 Å². The van der Waals surface area contributed by atoms with E-state index in [2.05, 4.69) is 10.2 Å². The highest BCUT2D eigenvalue weighted by atomic mass is 28.1. The van der Waals surface area contributed by atoms with Crippen LogP contribution in [-0.2, 0) is 11.3 Å². The number of para-hydroxylation sites is 1.